The Morgan fingerprint density at radius 3 is 2.21 bits per heavy atom. The number of benzene rings is 3. The van der Waals surface area contributed by atoms with Gasteiger partial charge < -0.3 is 5.11 Å². The van der Waals surface area contributed by atoms with E-state index in [0.29, 0.717) is 5.82 Å². The summed E-state index contributed by atoms with van der Waals surface area (Å²) >= 11 is 0. The van der Waals surface area contributed by atoms with Gasteiger partial charge in [0.15, 0.2) is 0 Å². The van der Waals surface area contributed by atoms with Crippen LogP contribution in [0, 0.1) is 0 Å². The molecule has 0 saturated carbocycles. The van der Waals surface area contributed by atoms with Gasteiger partial charge in [-0.15, -0.1) is 10.2 Å². The summed E-state index contributed by atoms with van der Waals surface area (Å²) in [7, 11) is 0. The predicted octanol–water partition coefficient (Wildman–Crippen LogP) is 4.50. The van der Waals surface area contributed by atoms with Crippen molar-refractivity contribution in [3.05, 3.63) is 90.0 Å². The number of aliphatic hydroxyl groups excluding tert-OH is 1. The monoisotopic (exact) mass is 370 g/mol. The van der Waals surface area contributed by atoms with Gasteiger partial charge in [-0.1, -0.05) is 85.8 Å². The Morgan fingerprint density at radius 2 is 1.54 bits per heavy atom. The number of tetrazole rings is 1. The molecule has 28 heavy (non-hydrogen) atoms. The van der Waals surface area contributed by atoms with Crippen LogP contribution in [0.15, 0.2) is 78.9 Å². The molecule has 0 spiro atoms. The zero-order valence-electron chi connectivity index (χ0n) is 15.7. The Hall–Kier alpha value is -3.31. The maximum atomic E-state index is 9.27. The van der Waals surface area contributed by atoms with E-state index in [1.165, 1.54) is 5.56 Å². The van der Waals surface area contributed by atoms with Gasteiger partial charge in [-0.3, -0.25) is 0 Å². The minimum absolute atomic E-state index is 0.0374. The highest BCUT2D eigenvalue weighted by atomic mass is 16.3. The van der Waals surface area contributed by atoms with Gasteiger partial charge in [0, 0.05) is 5.56 Å². The fourth-order valence-corrected chi connectivity index (χ4v) is 3.39. The quantitative estimate of drug-likeness (QED) is 0.543. The third-order valence-corrected chi connectivity index (χ3v) is 4.89. The van der Waals surface area contributed by atoms with Gasteiger partial charge in [-0.05, 0) is 33.9 Å². The molecule has 0 aliphatic rings. The Bertz CT molecular complexity index is 1040. The second-order valence-corrected chi connectivity index (χ2v) is 6.67. The summed E-state index contributed by atoms with van der Waals surface area (Å²) in [5.41, 5.74) is 5.09. The standard InChI is InChI=1S/C23H22N4O/c1-2-22(19-8-4-3-5-9-19)27-25-23(24-26-27)21-11-7-6-10-20(21)18-14-12-17(16-28)13-15-18/h3-15,22,28H,2,16H2,1H3. The van der Waals surface area contributed by atoms with Gasteiger partial charge in [0.2, 0.25) is 5.82 Å². The van der Waals surface area contributed by atoms with E-state index in [1.807, 2.05) is 60.7 Å². The predicted molar refractivity (Wildman–Crippen MR) is 109 cm³/mol. The molecule has 4 aromatic rings. The molecule has 1 heterocycles. The van der Waals surface area contributed by atoms with Crippen molar-refractivity contribution >= 4 is 0 Å². The molecule has 4 rings (SSSR count). The minimum atomic E-state index is 0.0374. The van der Waals surface area contributed by atoms with Crippen LogP contribution in [0.3, 0.4) is 0 Å². The average molecular weight is 370 g/mol. The van der Waals surface area contributed by atoms with Crippen molar-refractivity contribution < 1.29 is 5.11 Å². The van der Waals surface area contributed by atoms with E-state index >= 15 is 0 Å². The summed E-state index contributed by atoms with van der Waals surface area (Å²) in [6, 6.07) is 26.2. The lowest BCUT2D eigenvalue weighted by Crippen LogP contribution is -2.13. The number of hydrogen-bond acceptors (Lipinski definition) is 4. The largest absolute Gasteiger partial charge is 0.392 e. The van der Waals surface area contributed by atoms with Crippen molar-refractivity contribution in [2.45, 2.75) is 26.0 Å². The van der Waals surface area contributed by atoms with Gasteiger partial charge in [0.1, 0.15) is 0 Å². The molecule has 1 aromatic heterocycles. The Morgan fingerprint density at radius 1 is 0.857 bits per heavy atom. The molecule has 1 atom stereocenters. The van der Waals surface area contributed by atoms with Crippen LogP contribution in [0.2, 0.25) is 0 Å². The number of aliphatic hydroxyl groups is 1. The molecule has 0 saturated heterocycles. The summed E-state index contributed by atoms with van der Waals surface area (Å²) in [6.45, 7) is 2.16. The van der Waals surface area contributed by atoms with E-state index in [0.717, 1.165) is 28.7 Å². The van der Waals surface area contributed by atoms with Crippen LogP contribution in [0.25, 0.3) is 22.5 Å². The van der Waals surface area contributed by atoms with E-state index in [2.05, 4.69) is 35.4 Å². The van der Waals surface area contributed by atoms with Crippen molar-refractivity contribution in [1.82, 2.24) is 20.2 Å². The van der Waals surface area contributed by atoms with Crippen molar-refractivity contribution in [3.8, 4) is 22.5 Å². The fourth-order valence-electron chi connectivity index (χ4n) is 3.39. The van der Waals surface area contributed by atoms with Crippen molar-refractivity contribution in [1.29, 1.82) is 0 Å². The molecule has 1 unspecified atom stereocenters. The van der Waals surface area contributed by atoms with Crippen LogP contribution in [0.4, 0.5) is 0 Å². The number of aromatic nitrogens is 4. The fraction of sp³-hybridized carbons (Fsp3) is 0.174. The summed E-state index contributed by atoms with van der Waals surface area (Å²) in [5, 5.41) is 22.7. The minimum Gasteiger partial charge on any atom is -0.392 e. The topological polar surface area (TPSA) is 63.8 Å². The van der Waals surface area contributed by atoms with Crippen LogP contribution in [0.1, 0.15) is 30.5 Å². The molecule has 5 nitrogen and oxygen atoms in total. The molecule has 5 heteroatoms. The molecule has 0 bridgehead atoms. The third-order valence-electron chi connectivity index (χ3n) is 4.89. The van der Waals surface area contributed by atoms with Gasteiger partial charge in [-0.2, -0.15) is 4.80 Å². The zero-order valence-corrected chi connectivity index (χ0v) is 15.7. The molecular formula is C23H22N4O. The summed E-state index contributed by atoms with van der Waals surface area (Å²) in [4.78, 5) is 1.70. The zero-order chi connectivity index (χ0) is 19.3. The SMILES string of the molecule is CCC(c1ccccc1)n1nnc(-c2ccccc2-c2ccc(CO)cc2)n1. The Labute approximate surface area is 164 Å². The highest BCUT2D eigenvalue weighted by Crippen LogP contribution is 2.30. The maximum absolute atomic E-state index is 9.27. The first-order chi connectivity index (χ1) is 13.8. The highest BCUT2D eigenvalue weighted by Gasteiger charge is 2.17. The van der Waals surface area contributed by atoms with E-state index in [4.69, 9.17) is 5.10 Å². The number of hydrogen-bond donors (Lipinski definition) is 1. The lowest BCUT2D eigenvalue weighted by molar-refractivity contribution is 0.282. The van der Waals surface area contributed by atoms with Crippen LogP contribution < -0.4 is 0 Å². The third kappa shape index (κ3) is 3.57. The first kappa shape index (κ1) is 18.1. The smallest absolute Gasteiger partial charge is 0.205 e. The first-order valence-corrected chi connectivity index (χ1v) is 9.44. The normalized spacial score (nSPS) is 12.1. The summed E-state index contributed by atoms with van der Waals surface area (Å²) in [6.07, 6.45) is 0.879. The van der Waals surface area contributed by atoms with Gasteiger partial charge in [0.05, 0.1) is 12.6 Å². The molecular weight excluding hydrogens is 348 g/mol. The van der Waals surface area contributed by atoms with E-state index in [9.17, 15) is 5.11 Å². The second kappa shape index (κ2) is 8.15. The van der Waals surface area contributed by atoms with Crippen LogP contribution in [0.5, 0.6) is 0 Å². The van der Waals surface area contributed by atoms with Crippen molar-refractivity contribution in [3.63, 3.8) is 0 Å². The van der Waals surface area contributed by atoms with E-state index in [-0.39, 0.29) is 12.6 Å². The van der Waals surface area contributed by atoms with E-state index < -0.39 is 0 Å². The Kier molecular flexibility index (Phi) is 5.26. The van der Waals surface area contributed by atoms with Crippen molar-refractivity contribution in [2.24, 2.45) is 0 Å². The van der Waals surface area contributed by atoms with Gasteiger partial charge in [-0.25, -0.2) is 0 Å². The molecule has 0 radical (unpaired) electrons. The molecule has 0 amide bonds. The van der Waals surface area contributed by atoms with Gasteiger partial charge in [0.25, 0.3) is 0 Å². The van der Waals surface area contributed by atoms with Gasteiger partial charge >= 0.3 is 0 Å². The van der Waals surface area contributed by atoms with Crippen molar-refractivity contribution in [2.75, 3.05) is 0 Å². The van der Waals surface area contributed by atoms with E-state index in [1.54, 1.807) is 4.80 Å². The lowest BCUT2D eigenvalue weighted by atomic mass is 9.98. The van der Waals surface area contributed by atoms with Crippen LogP contribution in [-0.2, 0) is 6.61 Å². The van der Waals surface area contributed by atoms with Crippen LogP contribution >= 0.6 is 0 Å². The molecule has 140 valence electrons. The number of nitrogens with zero attached hydrogens (tertiary/aromatic N) is 4. The Balaban J connectivity index is 1.71. The highest BCUT2D eigenvalue weighted by molar-refractivity contribution is 5.80. The maximum Gasteiger partial charge on any atom is 0.205 e. The first-order valence-electron chi connectivity index (χ1n) is 9.44. The number of rotatable bonds is 6. The molecule has 0 aliphatic heterocycles. The molecule has 0 aliphatic carbocycles. The molecule has 1 N–H and O–H groups in total. The lowest BCUT2D eigenvalue weighted by Gasteiger charge is -2.13. The summed E-state index contributed by atoms with van der Waals surface area (Å²) < 4.78 is 0. The second-order valence-electron chi connectivity index (χ2n) is 6.67. The molecule has 3 aromatic carbocycles. The van der Waals surface area contributed by atoms with Crippen LogP contribution in [-0.4, -0.2) is 25.3 Å². The summed E-state index contributed by atoms with van der Waals surface area (Å²) in [5.74, 6) is 0.608. The average Bonchev–Trinajstić information content (AvgIpc) is 3.25. The molecule has 0 fully saturated rings.